The Morgan fingerprint density at radius 1 is 1.35 bits per heavy atom. The molecule has 0 amide bonds. The van der Waals surface area contributed by atoms with Crippen molar-refractivity contribution < 1.29 is 4.92 Å². The van der Waals surface area contributed by atoms with Gasteiger partial charge in [0.05, 0.1) is 0 Å². The zero-order valence-electron chi connectivity index (χ0n) is 9.80. The van der Waals surface area contributed by atoms with E-state index in [-0.39, 0.29) is 4.92 Å². The van der Waals surface area contributed by atoms with E-state index in [4.69, 9.17) is 0 Å². The van der Waals surface area contributed by atoms with Crippen LogP contribution in [0, 0.1) is 10.1 Å². The maximum absolute atomic E-state index is 10.8. The minimum atomic E-state index is -0.583. The lowest BCUT2D eigenvalue weighted by Crippen LogP contribution is -2.18. The van der Waals surface area contributed by atoms with Crippen LogP contribution in [-0.2, 0) is 6.42 Å². The van der Waals surface area contributed by atoms with Crippen molar-refractivity contribution in [3.63, 3.8) is 0 Å². The summed E-state index contributed by atoms with van der Waals surface area (Å²) in [7, 11) is 0. The van der Waals surface area contributed by atoms with E-state index in [0.717, 1.165) is 17.6 Å². The smallest absolute Gasteiger partial charge is 0.235 e. The van der Waals surface area contributed by atoms with Gasteiger partial charge in [0.2, 0.25) is 6.04 Å². The number of benzene rings is 1. The molecule has 17 heavy (non-hydrogen) atoms. The van der Waals surface area contributed by atoms with E-state index in [9.17, 15) is 10.1 Å². The van der Waals surface area contributed by atoms with E-state index in [1.165, 1.54) is 5.56 Å². The summed E-state index contributed by atoms with van der Waals surface area (Å²) in [6.07, 6.45) is 6.87. The van der Waals surface area contributed by atoms with Crippen LogP contribution >= 0.6 is 0 Å². The zero-order valence-corrected chi connectivity index (χ0v) is 9.80. The molecule has 88 valence electrons. The third-order valence-electron chi connectivity index (χ3n) is 3.06. The van der Waals surface area contributed by atoms with Gasteiger partial charge < -0.3 is 0 Å². The Morgan fingerprint density at radius 2 is 2.06 bits per heavy atom. The number of rotatable bonds is 3. The standard InChI is InChI=1S/C14H15NO2/c1-2-11-6-8-12(9-7-11)13-4-3-5-14(10-13)15(16)17/h3-9,14H,2,10H2,1H3. The molecule has 0 bridgehead atoms. The molecule has 0 spiro atoms. The normalized spacial score (nSPS) is 18.9. The fourth-order valence-electron chi connectivity index (χ4n) is 1.97. The van der Waals surface area contributed by atoms with E-state index in [1.54, 1.807) is 12.2 Å². The predicted molar refractivity (Wildman–Crippen MR) is 68.3 cm³/mol. The zero-order chi connectivity index (χ0) is 12.3. The van der Waals surface area contributed by atoms with E-state index < -0.39 is 6.04 Å². The average molecular weight is 229 g/mol. The SMILES string of the molecule is CCc1ccc(C2=CC=CC([N+](=O)[O-])C2)cc1. The second-order valence-electron chi connectivity index (χ2n) is 4.18. The molecule has 0 aliphatic heterocycles. The van der Waals surface area contributed by atoms with Crippen molar-refractivity contribution >= 4 is 5.57 Å². The van der Waals surface area contributed by atoms with Crippen molar-refractivity contribution in [2.45, 2.75) is 25.8 Å². The highest BCUT2D eigenvalue weighted by Gasteiger charge is 2.21. The van der Waals surface area contributed by atoms with Gasteiger partial charge in [0, 0.05) is 11.3 Å². The second-order valence-corrected chi connectivity index (χ2v) is 4.18. The first kappa shape index (κ1) is 11.6. The third-order valence-corrected chi connectivity index (χ3v) is 3.06. The molecule has 0 saturated heterocycles. The molecule has 0 aromatic heterocycles. The van der Waals surface area contributed by atoms with E-state index >= 15 is 0 Å². The van der Waals surface area contributed by atoms with Crippen LogP contribution in [0.3, 0.4) is 0 Å². The summed E-state index contributed by atoms with van der Waals surface area (Å²) < 4.78 is 0. The van der Waals surface area contributed by atoms with Gasteiger partial charge in [0.15, 0.2) is 0 Å². The molecule has 3 heteroatoms. The van der Waals surface area contributed by atoms with Gasteiger partial charge in [-0.25, -0.2) is 0 Å². The van der Waals surface area contributed by atoms with Gasteiger partial charge >= 0.3 is 0 Å². The molecule has 0 N–H and O–H groups in total. The van der Waals surface area contributed by atoms with Crippen LogP contribution in [0.1, 0.15) is 24.5 Å². The number of aryl methyl sites for hydroxylation is 1. The third kappa shape index (κ3) is 2.61. The molecule has 1 aliphatic carbocycles. The molecule has 3 nitrogen and oxygen atoms in total. The van der Waals surface area contributed by atoms with Gasteiger partial charge in [-0.05, 0) is 29.2 Å². The lowest BCUT2D eigenvalue weighted by atomic mass is 9.94. The summed E-state index contributed by atoms with van der Waals surface area (Å²) in [5, 5.41) is 10.8. The van der Waals surface area contributed by atoms with E-state index in [1.807, 2.05) is 18.2 Å². The molecule has 1 unspecified atom stereocenters. The summed E-state index contributed by atoms with van der Waals surface area (Å²) in [6.45, 7) is 2.11. The Morgan fingerprint density at radius 3 is 2.65 bits per heavy atom. The van der Waals surface area contributed by atoms with Crippen LogP contribution < -0.4 is 0 Å². The lowest BCUT2D eigenvalue weighted by molar-refractivity contribution is -0.508. The second kappa shape index (κ2) is 4.95. The highest BCUT2D eigenvalue weighted by molar-refractivity contribution is 5.69. The van der Waals surface area contributed by atoms with E-state index in [2.05, 4.69) is 19.1 Å². The van der Waals surface area contributed by atoms with Crippen molar-refractivity contribution in [2.75, 3.05) is 0 Å². The van der Waals surface area contributed by atoms with Crippen LogP contribution in [0.5, 0.6) is 0 Å². The highest BCUT2D eigenvalue weighted by Crippen LogP contribution is 2.25. The Labute approximate surface area is 101 Å². The number of hydrogen-bond donors (Lipinski definition) is 0. The van der Waals surface area contributed by atoms with Crippen molar-refractivity contribution in [3.8, 4) is 0 Å². The molecule has 0 saturated carbocycles. The molecule has 1 aliphatic rings. The van der Waals surface area contributed by atoms with Crippen LogP contribution in [0.2, 0.25) is 0 Å². The summed E-state index contributed by atoms with van der Waals surface area (Å²) in [6, 6.07) is 7.66. The van der Waals surface area contributed by atoms with Gasteiger partial charge in [-0.2, -0.15) is 0 Å². The molecular weight excluding hydrogens is 214 g/mol. The van der Waals surface area contributed by atoms with E-state index in [0.29, 0.717) is 6.42 Å². The minimum absolute atomic E-state index is 0.232. The molecule has 0 heterocycles. The molecule has 1 aromatic rings. The Bertz CT molecular complexity index is 472. The topological polar surface area (TPSA) is 43.1 Å². The Kier molecular flexibility index (Phi) is 3.38. The number of nitrogens with zero attached hydrogens (tertiary/aromatic N) is 1. The first-order valence-corrected chi connectivity index (χ1v) is 5.81. The Hall–Kier alpha value is -1.90. The summed E-state index contributed by atoms with van der Waals surface area (Å²) in [5.41, 5.74) is 3.40. The van der Waals surface area contributed by atoms with Crippen molar-refractivity contribution in [1.82, 2.24) is 0 Å². The van der Waals surface area contributed by atoms with Crippen LogP contribution in [0.15, 0.2) is 42.5 Å². The molecule has 1 aromatic carbocycles. The van der Waals surface area contributed by atoms with Crippen LogP contribution in [0.4, 0.5) is 0 Å². The van der Waals surface area contributed by atoms with Gasteiger partial charge in [0.25, 0.3) is 0 Å². The van der Waals surface area contributed by atoms with Crippen LogP contribution in [-0.4, -0.2) is 11.0 Å². The number of allylic oxidation sites excluding steroid dienone is 2. The fraction of sp³-hybridized carbons (Fsp3) is 0.286. The predicted octanol–water partition coefficient (Wildman–Crippen LogP) is 3.24. The summed E-state index contributed by atoms with van der Waals surface area (Å²) in [4.78, 5) is 10.5. The largest absolute Gasteiger partial charge is 0.264 e. The summed E-state index contributed by atoms with van der Waals surface area (Å²) >= 11 is 0. The van der Waals surface area contributed by atoms with Gasteiger partial charge in [-0.1, -0.05) is 43.3 Å². The average Bonchev–Trinajstić information content (AvgIpc) is 2.39. The summed E-state index contributed by atoms with van der Waals surface area (Å²) in [5.74, 6) is 0. The molecule has 0 fully saturated rings. The lowest BCUT2D eigenvalue weighted by Gasteiger charge is -2.13. The molecular formula is C14H15NO2. The maximum atomic E-state index is 10.8. The van der Waals surface area contributed by atoms with Crippen molar-refractivity contribution in [3.05, 3.63) is 63.7 Å². The first-order chi connectivity index (χ1) is 8.20. The monoisotopic (exact) mass is 229 g/mol. The maximum Gasteiger partial charge on any atom is 0.235 e. The van der Waals surface area contributed by atoms with Gasteiger partial charge in [-0.3, -0.25) is 10.1 Å². The first-order valence-electron chi connectivity index (χ1n) is 5.81. The molecule has 1 atom stereocenters. The minimum Gasteiger partial charge on any atom is -0.264 e. The number of hydrogen-bond acceptors (Lipinski definition) is 2. The molecule has 0 radical (unpaired) electrons. The van der Waals surface area contributed by atoms with Crippen molar-refractivity contribution in [1.29, 1.82) is 0 Å². The number of nitro groups is 1. The van der Waals surface area contributed by atoms with Crippen LogP contribution in [0.25, 0.3) is 5.57 Å². The Balaban J connectivity index is 2.19. The molecule has 2 rings (SSSR count). The highest BCUT2D eigenvalue weighted by atomic mass is 16.6. The van der Waals surface area contributed by atoms with Crippen molar-refractivity contribution in [2.24, 2.45) is 0 Å². The van der Waals surface area contributed by atoms with Gasteiger partial charge in [-0.15, -0.1) is 0 Å². The fourth-order valence-corrected chi connectivity index (χ4v) is 1.97. The quantitative estimate of drug-likeness (QED) is 0.590. The van der Waals surface area contributed by atoms with Gasteiger partial charge in [0.1, 0.15) is 0 Å².